The van der Waals surface area contributed by atoms with Crippen LogP contribution in [0.1, 0.15) is 6.42 Å². The maximum Gasteiger partial charge on any atom is 0.243 e. The number of likely N-dealkylation sites (N-methyl/N-ethyl adjacent to an activating group) is 1. The molecule has 0 aromatic heterocycles. The van der Waals surface area contributed by atoms with E-state index in [9.17, 15) is 17.2 Å². The second-order valence-electron chi connectivity index (χ2n) is 4.21. The molecule has 4 nitrogen and oxygen atoms in total. The van der Waals surface area contributed by atoms with Crippen LogP contribution in [0.3, 0.4) is 0 Å². The predicted molar refractivity (Wildman–Crippen MR) is 69.8 cm³/mol. The molecule has 19 heavy (non-hydrogen) atoms. The number of halogens is 3. The van der Waals surface area contributed by atoms with Crippen molar-refractivity contribution in [3.05, 3.63) is 29.8 Å². The van der Waals surface area contributed by atoms with Gasteiger partial charge in [-0.15, -0.1) is 12.4 Å². The Kier molecular flexibility index (Phi) is 5.26. The molecule has 0 aliphatic carbocycles. The Balaban J connectivity index is 0.00000180. The molecule has 1 aliphatic rings. The summed E-state index contributed by atoms with van der Waals surface area (Å²) < 4.78 is 51.5. The van der Waals surface area contributed by atoms with Crippen LogP contribution < -0.4 is 5.32 Å². The number of hydrogen-bond donors (Lipinski definition) is 1. The average molecular weight is 313 g/mol. The summed E-state index contributed by atoms with van der Waals surface area (Å²) >= 11 is 0. The minimum Gasteiger partial charge on any atom is -0.316 e. The van der Waals surface area contributed by atoms with Crippen molar-refractivity contribution < 1.29 is 17.2 Å². The monoisotopic (exact) mass is 312 g/mol. The molecule has 1 saturated heterocycles. The van der Waals surface area contributed by atoms with Crippen LogP contribution in [-0.2, 0) is 10.0 Å². The van der Waals surface area contributed by atoms with Crippen LogP contribution in [0.4, 0.5) is 8.78 Å². The van der Waals surface area contributed by atoms with Gasteiger partial charge in [-0.1, -0.05) is 0 Å². The summed E-state index contributed by atoms with van der Waals surface area (Å²) in [5.74, 6) is -2.20. The van der Waals surface area contributed by atoms with Crippen LogP contribution in [0, 0.1) is 11.6 Å². The minimum atomic E-state index is -3.73. The topological polar surface area (TPSA) is 49.4 Å². The second kappa shape index (κ2) is 6.13. The van der Waals surface area contributed by atoms with Gasteiger partial charge in [0.2, 0.25) is 10.0 Å². The van der Waals surface area contributed by atoms with E-state index >= 15 is 0 Å². The van der Waals surface area contributed by atoms with Gasteiger partial charge < -0.3 is 5.32 Å². The van der Waals surface area contributed by atoms with Crippen LogP contribution in [-0.4, -0.2) is 38.9 Å². The van der Waals surface area contributed by atoms with E-state index in [1.807, 2.05) is 0 Å². The highest BCUT2D eigenvalue weighted by Crippen LogP contribution is 2.22. The molecule has 108 valence electrons. The Morgan fingerprint density at radius 3 is 2.53 bits per heavy atom. The Bertz CT molecular complexity index is 554. The van der Waals surface area contributed by atoms with Crippen LogP contribution in [0.2, 0.25) is 0 Å². The zero-order valence-electron chi connectivity index (χ0n) is 10.3. The number of nitrogens with zero attached hydrogens (tertiary/aromatic N) is 1. The van der Waals surface area contributed by atoms with Gasteiger partial charge in [-0.05, 0) is 31.7 Å². The molecule has 2 rings (SSSR count). The lowest BCUT2D eigenvalue weighted by molar-refractivity contribution is 0.461. The van der Waals surface area contributed by atoms with Gasteiger partial charge in [0.15, 0.2) is 11.6 Å². The quantitative estimate of drug-likeness (QED) is 0.917. The molecule has 1 fully saturated rings. The van der Waals surface area contributed by atoms with E-state index in [0.717, 1.165) is 18.2 Å². The largest absolute Gasteiger partial charge is 0.316 e. The number of hydrogen-bond acceptors (Lipinski definition) is 3. The highest BCUT2D eigenvalue weighted by molar-refractivity contribution is 7.89. The summed E-state index contributed by atoms with van der Waals surface area (Å²) in [6.45, 7) is 0.727. The second-order valence-corrected chi connectivity index (χ2v) is 6.15. The normalized spacial score (nSPS) is 20.3. The van der Waals surface area contributed by atoms with Gasteiger partial charge >= 0.3 is 0 Å². The number of nitrogens with one attached hydrogen (secondary N) is 1. The zero-order chi connectivity index (χ0) is 13.3. The maximum atomic E-state index is 13.1. The summed E-state index contributed by atoms with van der Waals surface area (Å²) in [7, 11) is -1.97. The Morgan fingerprint density at radius 1 is 1.32 bits per heavy atom. The van der Waals surface area contributed by atoms with E-state index in [1.165, 1.54) is 4.31 Å². The molecular weight excluding hydrogens is 298 g/mol. The molecule has 0 radical (unpaired) electrons. The van der Waals surface area contributed by atoms with Crippen LogP contribution in [0.5, 0.6) is 0 Å². The molecule has 1 aliphatic heterocycles. The predicted octanol–water partition coefficient (Wildman–Crippen LogP) is 1.37. The lowest BCUT2D eigenvalue weighted by Crippen LogP contribution is -2.33. The van der Waals surface area contributed by atoms with Crippen molar-refractivity contribution in [1.29, 1.82) is 0 Å². The van der Waals surface area contributed by atoms with Gasteiger partial charge in [-0.25, -0.2) is 17.2 Å². The molecule has 0 amide bonds. The van der Waals surface area contributed by atoms with Crippen molar-refractivity contribution in [2.24, 2.45) is 0 Å². The Morgan fingerprint density at radius 2 is 2.00 bits per heavy atom. The van der Waals surface area contributed by atoms with Crippen molar-refractivity contribution in [1.82, 2.24) is 9.62 Å². The van der Waals surface area contributed by atoms with Gasteiger partial charge in [0.25, 0.3) is 0 Å². The Hall–Kier alpha value is -0.760. The minimum absolute atomic E-state index is 0. The SMILES string of the molecule is CNC1CCN(S(=O)(=O)c2ccc(F)c(F)c2)C1.Cl. The first-order valence-electron chi connectivity index (χ1n) is 5.57. The first-order valence-corrected chi connectivity index (χ1v) is 7.01. The molecule has 1 N–H and O–H groups in total. The number of sulfonamides is 1. The highest BCUT2D eigenvalue weighted by Gasteiger charge is 2.32. The molecule has 1 unspecified atom stereocenters. The Labute approximate surface area is 117 Å². The average Bonchev–Trinajstić information content (AvgIpc) is 2.81. The van der Waals surface area contributed by atoms with Gasteiger partial charge in [-0.3, -0.25) is 0 Å². The fraction of sp³-hybridized carbons (Fsp3) is 0.455. The summed E-state index contributed by atoms with van der Waals surface area (Å²) in [5, 5.41) is 3.00. The summed E-state index contributed by atoms with van der Waals surface area (Å²) in [6.07, 6.45) is 0.708. The van der Waals surface area contributed by atoms with Crippen molar-refractivity contribution in [2.75, 3.05) is 20.1 Å². The van der Waals surface area contributed by atoms with Gasteiger partial charge in [0.05, 0.1) is 4.90 Å². The third-order valence-electron chi connectivity index (χ3n) is 3.09. The third-order valence-corrected chi connectivity index (χ3v) is 4.95. The van der Waals surface area contributed by atoms with Gasteiger partial charge in [0.1, 0.15) is 0 Å². The summed E-state index contributed by atoms with van der Waals surface area (Å²) in [6, 6.07) is 2.73. The van der Waals surface area contributed by atoms with Crippen molar-refractivity contribution in [3.63, 3.8) is 0 Å². The van der Waals surface area contributed by atoms with E-state index < -0.39 is 21.7 Å². The van der Waals surface area contributed by atoms with E-state index in [-0.39, 0.29) is 23.3 Å². The van der Waals surface area contributed by atoms with Crippen LogP contribution in [0.15, 0.2) is 23.1 Å². The third kappa shape index (κ3) is 3.22. The van der Waals surface area contributed by atoms with Crippen LogP contribution in [0.25, 0.3) is 0 Å². The first kappa shape index (κ1) is 16.3. The molecule has 0 bridgehead atoms. The number of rotatable bonds is 3. The zero-order valence-corrected chi connectivity index (χ0v) is 11.9. The van der Waals surface area contributed by atoms with E-state index in [2.05, 4.69) is 5.32 Å². The molecule has 0 saturated carbocycles. The molecule has 8 heteroatoms. The molecule has 1 aromatic rings. The summed E-state index contributed by atoms with van der Waals surface area (Å²) in [4.78, 5) is -0.210. The number of benzene rings is 1. The molecule has 1 aromatic carbocycles. The van der Waals surface area contributed by atoms with Crippen molar-refractivity contribution in [3.8, 4) is 0 Å². The van der Waals surface area contributed by atoms with Crippen LogP contribution >= 0.6 is 12.4 Å². The molecule has 1 atom stereocenters. The lowest BCUT2D eigenvalue weighted by atomic mass is 10.3. The lowest BCUT2D eigenvalue weighted by Gasteiger charge is -2.16. The van der Waals surface area contributed by atoms with E-state index in [4.69, 9.17) is 0 Å². The smallest absolute Gasteiger partial charge is 0.243 e. The molecular formula is C11H15ClF2N2O2S. The standard InChI is InChI=1S/C11H14F2N2O2S.ClH/c1-14-8-4-5-15(7-8)18(16,17)9-2-3-10(12)11(13)6-9;/h2-3,6,8,14H,4-5,7H2,1H3;1H. The maximum absolute atomic E-state index is 13.1. The van der Waals surface area contributed by atoms with Gasteiger partial charge in [0, 0.05) is 19.1 Å². The van der Waals surface area contributed by atoms with Crippen molar-refractivity contribution >= 4 is 22.4 Å². The first-order chi connectivity index (χ1) is 8.45. The summed E-state index contributed by atoms with van der Waals surface area (Å²) in [5.41, 5.74) is 0. The van der Waals surface area contributed by atoms with E-state index in [1.54, 1.807) is 7.05 Å². The van der Waals surface area contributed by atoms with Crippen molar-refractivity contribution in [2.45, 2.75) is 17.4 Å². The van der Waals surface area contributed by atoms with E-state index in [0.29, 0.717) is 19.5 Å². The molecule has 0 spiro atoms. The molecule has 1 heterocycles. The highest BCUT2D eigenvalue weighted by atomic mass is 35.5. The fourth-order valence-corrected chi connectivity index (χ4v) is 3.48. The fourth-order valence-electron chi connectivity index (χ4n) is 1.97. The van der Waals surface area contributed by atoms with Gasteiger partial charge in [-0.2, -0.15) is 4.31 Å².